The van der Waals surface area contributed by atoms with E-state index >= 15 is 0 Å². The summed E-state index contributed by atoms with van der Waals surface area (Å²) in [5.74, 6) is 0. The number of hydrogen-bond acceptors (Lipinski definition) is 2. The van der Waals surface area contributed by atoms with E-state index in [1.807, 2.05) is 0 Å². The molecule has 3 heteroatoms. The number of aryl methyl sites for hydroxylation is 1. The lowest BCUT2D eigenvalue weighted by molar-refractivity contribution is 0.422. The third-order valence-corrected chi connectivity index (χ3v) is 5.57. The minimum atomic E-state index is 0.0573. The topological polar surface area (TPSA) is 41.8 Å². The Morgan fingerprint density at radius 3 is 2.12 bits per heavy atom. The largest absolute Gasteiger partial charge is 0.358 e. The van der Waals surface area contributed by atoms with Gasteiger partial charge in [0.05, 0.1) is 16.8 Å². The molecule has 3 nitrogen and oxygen atoms in total. The Bertz CT molecular complexity index is 670. The molecule has 2 heterocycles. The minimum Gasteiger partial charge on any atom is -0.358 e. The molecule has 0 aliphatic carbocycles. The molecule has 0 saturated heterocycles. The SMILES string of the molecule is CCCCCCCCc1noc2c(C(C)(C)CC)[nH]c(C(C)(C)C)c12. The lowest BCUT2D eigenvalue weighted by Crippen LogP contribution is -2.18. The van der Waals surface area contributed by atoms with Crippen LogP contribution in [-0.4, -0.2) is 10.1 Å². The molecule has 0 amide bonds. The van der Waals surface area contributed by atoms with Crippen LogP contribution in [0.1, 0.15) is 110 Å². The van der Waals surface area contributed by atoms with E-state index in [4.69, 9.17) is 4.52 Å². The van der Waals surface area contributed by atoms with Crippen molar-refractivity contribution < 1.29 is 4.52 Å². The molecule has 0 atom stereocenters. The van der Waals surface area contributed by atoms with Crippen molar-refractivity contribution in [2.24, 2.45) is 0 Å². The highest BCUT2D eigenvalue weighted by atomic mass is 16.5. The molecule has 0 fully saturated rings. The molecule has 2 aromatic heterocycles. The maximum atomic E-state index is 5.86. The first-order chi connectivity index (χ1) is 11.7. The Labute approximate surface area is 153 Å². The molecule has 1 N–H and O–H groups in total. The summed E-state index contributed by atoms with van der Waals surface area (Å²) >= 11 is 0. The fourth-order valence-corrected chi connectivity index (χ4v) is 3.46. The molecule has 25 heavy (non-hydrogen) atoms. The summed E-state index contributed by atoms with van der Waals surface area (Å²) in [6, 6.07) is 0. The zero-order valence-electron chi connectivity index (χ0n) is 17.5. The first-order valence-corrected chi connectivity index (χ1v) is 10.2. The quantitative estimate of drug-likeness (QED) is 0.494. The Morgan fingerprint density at radius 1 is 0.880 bits per heavy atom. The van der Waals surface area contributed by atoms with Gasteiger partial charge >= 0.3 is 0 Å². The normalized spacial score (nSPS) is 13.1. The number of aromatic amines is 1. The Hall–Kier alpha value is -1.25. The first-order valence-electron chi connectivity index (χ1n) is 10.2. The van der Waals surface area contributed by atoms with Gasteiger partial charge in [0.25, 0.3) is 0 Å². The second-order valence-electron chi connectivity index (χ2n) is 9.21. The van der Waals surface area contributed by atoms with Crippen LogP contribution < -0.4 is 0 Å². The van der Waals surface area contributed by atoms with Crippen molar-refractivity contribution in [3.05, 3.63) is 17.1 Å². The summed E-state index contributed by atoms with van der Waals surface area (Å²) in [7, 11) is 0. The fourth-order valence-electron chi connectivity index (χ4n) is 3.46. The molecule has 0 unspecified atom stereocenters. The monoisotopic (exact) mass is 346 g/mol. The van der Waals surface area contributed by atoms with Crippen molar-refractivity contribution in [3.8, 4) is 0 Å². The van der Waals surface area contributed by atoms with Crippen LogP contribution in [0.2, 0.25) is 0 Å². The van der Waals surface area contributed by atoms with Gasteiger partial charge in [-0.1, -0.05) is 85.7 Å². The molecule has 0 bridgehead atoms. The van der Waals surface area contributed by atoms with E-state index in [2.05, 4.69) is 58.6 Å². The highest BCUT2D eigenvalue weighted by molar-refractivity contribution is 5.87. The number of hydrogen-bond donors (Lipinski definition) is 1. The van der Waals surface area contributed by atoms with Crippen LogP contribution in [0.15, 0.2) is 4.52 Å². The van der Waals surface area contributed by atoms with Crippen LogP contribution in [0.4, 0.5) is 0 Å². The van der Waals surface area contributed by atoms with Gasteiger partial charge in [0.2, 0.25) is 0 Å². The van der Waals surface area contributed by atoms with Gasteiger partial charge in [-0.25, -0.2) is 0 Å². The number of H-pyrrole nitrogens is 1. The van der Waals surface area contributed by atoms with Gasteiger partial charge in [-0.2, -0.15) is 0 Å². The van der Waals surface area contributed by atoms with E-state index in [0.29, 0.717) is 0 Å². The van der Waals surface area contributed by atoms with Crippen LogP contribution in [-0.2, 0) is 17.3 Å². The summed E-state index contributed by atoms with van der Waals surface area (Å²) in [5, 5.41) is 5.72. The van der Waals surface area contributed by atoms with Gasteiger partial charge in [-0.3, -0.25) is 0 Å². The van der Waals surface area contributed by atoms with Crippen molar-refractivity contribution in [2.45, 2.75) is 111 Å². The predicted molar refractivity (Wildman–Crippen MR) is 107 cm³/mol. The lowest BCUT2D eigenvalue weighted by Gasteiger charge is -2.22. The molecular formula is C22H38N2O. The maximum Gasteiger partial charge on any atom is 0.188 e. The summed E-state index contributed by atoms with van der Waals surface area (Å²) in [4.78, 5) is 3.73. The van der Waals surface area contributed by atoms with E-state index < -0.39 is 0 Å². The molecule has 2 aromatic rings. The zero-order valence-corrected chi connectivity index (χ0v) is 17.5. The van der Waals surface area contributed by atoms with E-state index in [9.17, 15) is 0 Å². The number of nitrogens with zero attached hydrogens (tertiary/aromatic N) is 1. The van der Waals surface area contributed by atoms with E-state index in [0.717, 1.165) is 24.1 Å². The number of aromatic nitrogens is 2. The molecule has 0 radical (unpaired) electrons. The fraction of sp³-hybridized carbons (Fsp3) is 0.773. The van der Waals surface area contributed by atoms with Crippen molar-refractivity contribution in [2.75, 3.05) is 0 Å². The molecule has 2 rings (SSSR count). The Balaban J connectivity index is 2.27. The van der Waals surface area contributed by atoms with Gasteiger partial charge in [-0.15, -0.1) is 0 Å². The van der Waals surface area contributed by atoms with Crippen molar-refractivity contribution in [3.63, 3.8) is 0 Å². The van der Waals surface area contributed by atoms with E-state index in [1.165, 1.54) is 55.3 Å². The van der Waals surface area contributed by atoms with Gasteiger partial charge in [-0.05, 0) is 19.3 Å². The molecule has 0 aromatic carbocycles. The highest BCUT2D eigenvalue weighted by Crippen LogP contribution is 2.40. The van der Waals surface area contributed by atoms with Gasteiger partial charge in [0.15, 0.2) is 5.58 Å². The van der Waals surface area contributed by atoms with Crippen molar-refractivity contribution >= 4 is 11.0 Å². The number of unbranched alkanes of at least 4 members (excludes halogenated alkanes) is 5. The summed E-state index contributed by atoms with van der Waals surface area (Å²) in [6.45, 7) is 15.9. The Kier molecular flexibility index (Phi) is 6.40. The standard InChI is InChI=1S/C22H38N2O/c1-8-10-11-12-13-14-15-16-17-18(25-24-16)20(22(6,7)9-2)23-19(17)21(3,4)5/h23H,8-15H2,1-7H3. The minimum absolute atomic E-state index is 0.0573. The third kappa shape index (κ3) is 4.48. The zero-order chi connectivity index (χ0) is 18.7. The van der Waals surface area contributed by atoms with Crippen LogP contribution >= 0.6 is 0 Å². The summed E-state index contributed by atoms with van der Waals surface area (Å²) < 4.78 is 5.86. The van der Waals surface area contributed by atoms with Crippen LogP contribution in [0.5, 0.6) is 0 Å². The summed E-state index contributed by atoms with van der Waals surface area (Å²) in [6.07, 6.45) is 9.93. The molecule has 0 saturated carbocycles. The molecule has 0 spiro atoms. The predicted octanol–water partition coefficient (Wildman–Crippen LogP) is 7.04. The van der Waals surface area contributed by atoms with Crippen molar-refractivity contribution in [1.82, 2.24) is 10.1 Å². The van der Waals surface area contributed by atoms with Gasteiger partial charge < -0.3 is 9.51 Å². The molecule has 0 aliphatic rings. The first kappa shape index (κ1) is 20.1. The second-order valence-corrected chi connectivity index (χ2v) is 9.21. The van der Waals surface area contributed by atoms with Gasteiger partial charge in [0.1, 0.15) is 0 Å². The number of nitrogens with one attached hydrogen (secondary N) is 1. The second kappa shape index (κ2) is 7.97. The van der Waals surface area contributed by atoms with Crippen molar-refractivity contribution in [1.29, 1.82) is 0 Å². The number of rotatable bonds is 9. The smallest absolute Gasteiger partial charge is 0.188 e. The van der Waals surface area contributed by atoms with Crippen LogP contribution in [0.3, 0.4) is 0 Å². The third-order valence-electron chi connectivity index (χ3n) is 5.57. The molecule has 142 valence electrons. The van der Waals surface area contributed by atoms with Crippen LogP contribution in [0.25, 0.3) is 11.0 Å². The average molecular weight is 347 g/mol. The highest BCUT2D eigenvalue weighted by Gasteiger charge is 2.32. The molecular weight excluding hydrogens is 308 g/mol. The average Bonchev–Trinajstić information content (AvgIpc) is 3.10. The lowest BCUT2D eigenvalue weighted by atomic mass is 9.86. The van der Waals surface area contributed by atoms with Gasteiger partial charge in [0, 0.05) is 16.5 Å². The number of fused-ring (bicyclic) bond motifs is 1. The van der Waals surface area contributed by atoms with E-state index in [-0.39, 0.29) is 10.8 Å². The van der Waals surface area contributed by atoms with Crippen LogP contribution in [0, 0.1) is 0 Å². The summed E-state index contributed by atoms with van der Waals surface area (Å²) in [5.41, 5.74) is 4.74. The van der Waals surface area contributed by atoms with E-state index in [1.54, 1.807) is 0 Å². The maximum absolute atomic E-state index is 5.86. The Morgan fingerprint density at radius 2 is 1.52 bits per heavy atom. The molecule has 0 aliphatic heterocycles.